The van der Waals surface area contributed by atoms with Crippen molar-refractivity contribution >= 4 is 43.4 Å². The fraction of sp³-hybridized carbons (Fsp3) is 0.154. The van der Waals surface area contributed by atoms with E-state index in [1.165, 1.54) is 10.9 Å². The second-order valence-corrected chi connectivity index (χ2v) is 8.85. The van der Waals surface area contributed by atoms with Gasteiger partial charge >= 0.3 is 0 Å². The maximum atomic E-state index is 13.5. The van der Waals surface area contributed by atoms with Crippen LogP contribution in [0.4, 0.5) is 5.13 Å². The van der Waals surface area contributed by atoms with E-state index in [0.29, 0.717) is 18.1 Å². The Labute approximate surface area is 184 Å². The molecular weight excluding hydrogens is 404 g/mol. The molecule has 0 N–H and O–H groups in total. The lowest BCUT2D eigenvalue weighted by molar-refractivity contribution is -0.118. The number of nitrogens with zero attached hydrogens (tertiary/aromatic N) is 2. The van der Waals surface area contributed by atoms with E-state index in [0.717, 1.165) is 32.5 Å². The summed E-state index contributed by atoms with van der Waals surface area (Å²) in [7, 11) is 0. The van der Waals surface area contributed by atoms with Gasteiger partial charge in [-0.2, -0.15) is 0 Å². The Morgan fingerprint density at radius 3 is 2.65 bits per heavy atom. The van der Waals surface area contributed by atoms with E-state index in [-0.39, 0.29) is 5.91 Å². The van der Waals surface area contributed by atoms with E-state index in [2.05, 4.69) is 50.2 Å². The highest BCUT2D eigenvalue weighted by Crippen LogP contribution is 2.33. The van der Waals surface area contributed by atoms with Crippen molar-refractivity contribution in [3.05, 3.63) is 95.4 Å². The number of aryl methyl sites for hydroxylation is 2. The van der Waals surface area contributed by atoms with Crippen molar-refractivity contribution in [2.24, 2.45) is 0 Å². The van der Waals surface area contributed by atoms with Crippen LogP contribution < -0.4 is 4.90 Å². The van der Waals surface area contributed by atoms with Gasteiger partial charge in [0.05, 0.1) is 29.4 Å². The Balaban J connectivity index is 1.50. The lowest BCUT2D eigenvalue weighted by Gasteiger charge is -2.19. The number of anilines is 1. The second kappa shape index (κ2) is 8.00. The maximum absolute atomic E-state index is 13.5. The van der Waals surface area contributed by atoms with Crippen molar-refractivity contribution in [1.82, 2.24) is 4.98 Å². The lowest BCUT2D eigenvalue weighted by atomic mass is 10.0. The highest BCUT2D eigenvalue weighted by molar-refractivity contribution is 7.22. The van der Waals surface area contributed by atoms with E-state index >= 15 is 0 Å². The van der Waals surface area contributed by atoms with Gasteiger partial charge in [0.25, 0.3) is 0 Å². The number of amides is 1. The molecular formula is C26H22N2O2S. The van der Waals surface area contributed by atoms with Gasteiger partial charge in [-0.3, -0.25) is 9.69 Å². The van der Waals surface area contributed by atoms with Gasteiger partial charge in [0.2, 0.25) is 5.91 Å². The number of benzene rings is 3. The normalized spacial score (nSPS) is 11.3. The first-order valence-corrected chi connectivity index (χ1v) is 11.1. The quantitative estimate of drug-likeness (QED) is 0.325. The first kappa shape index (κ1) is 19.5. The largest absolute Gasteiger partial charge is 0.467 e. The molecule has 1 amide bonds. The molecule has 0 atom stereocenters. The van der Waals surface area contributed by atoms with Gasteiger partial charge < -0.3 is 4.42 Å². The van der Waals surface area contributed by atoms with Crippen LogP contribution in [0.2, 0.25) is 0 Å². The minimum Gasteiger partial charge on any atom is -0.467 e. The molecule has 3 aromatic carbocycles. The summed E-state index contributed by atoms with van der Waals surface area (Å²) in [5.74, 6) is 0.735. The minimum atomic E-state index is 0.000104. The van der Waals surface area contributed by atoms with Gasteiger partial charge in [-0.1, -0.05) is 59.9 Å². The number of rotatable bonds is 5. The van der Waals surface area contributed by atoms with Crippen LogP contribution in [-0.4, -0.2) is 10.9 Å². The summed E-state index contributed by atoms with van der Waals surface area (Å²) in [6.45, 7) is 4.50. The number of thiazole rings is 1. The zero-order chi connectivity index (χ0) is 21.4. The third-order valence-corrected chi connectivity index (χ3v) is 6.44. The molecule has 5 aromatic rings. The Morgan fingerprint density at radius 2 is 1.84 bits per heavy atom. The Bertz CT molecular complexity index is 1390. The number of furan rings is 1. The number of carbonyl (C=O) groups excluding carboxylic acids is 1. The maximum Gasteiger partial charge on any atom is 0.233 e. The van der Waals surface area contributed by atoms with E-state index in [9.17, 15) is 4.79 Å². The van der Waals surface area contributed by atoms with Crippen LogP contribution in [0, 0.1) is 13.8 Å². The van der Waals surface area contributed by atoms with E-state index in [1.54, 1.807) is 22.5 Å². The average molecular weight is 427 g/mol. The molecule has 0 radical (unpaired) electrons. The van der Waals surface area contributed by atoms with Gasteiger partial charge in [-0.15, -0.1) is 0 Å². The van der Waals surface area contributed by atoms with Crippen molar-refractivity contribution in [2.45, 2.75) is 26.8 Å². The Hall–Kier alpha value is -3.44. The topological polar surface area (TPSA) is 46.3 Å². The predicted molar refractivity (Wildman–Crippen MR) is 127 cm³/mol. The molecule has 0 aliphatic heterocycles. The molecule has 2 aromatic heterocycles. The fourth-order valence-corrected chi connectivity index (χ4v) is 5.07. The summed E-state index contributed by atoms with van der Waals surface area (Å²) in [4.78, 5) is 20.0. The number of hydrogen-bond acceptors (Lipinski definition) is 4. The van der Waals surface area contributed by atoms with Crippen LogP contribution in [0.5, 0.6) is 0 Å². The van der Waals surface area contributed by atoms with Crippen LogP contribution in [0.25, 0.3) is 21.0 Å². The van der Waals surface area contributed by atoms with E-state index in [1.807, 2.05) is 30.3 Å². The van der Waals surface area contributed by atoms with Gasteiger partial charge in [0, 0.05) is 0 Å². The zero-order valence-corrected chi connectivity index (χ0v) is 18.3. The third-order valence-electron chi connectivity index (χ3n) is 5.41. The summed E-state index contributed by atoms with van der Waals surface area (Å²) < 4.78 is 6.64. The smallest absolute Gasteiger partial charge is 0.233 e. The number of hydrogen-bond donors (Lipinski definition) is 0. The summed E-state index contributed by atoms with van der Waals surface area (Å²) >= 11 is 1.55. The molecule has 0 fully saturated rings. The number of aromatic nitrogens is 1. The molecule has 0 saturated heterocycles. The third kappa shape index (κ3) is 3.97. The Morgan fingerprint density at radius 1 is 1.00 bits per heavy atom. The first-order valence-electron chi connectivity index (χ1n) is 10.2. The molecule has 0 saturated carbocycles. The lowest BCUT2D eigenvalue weighted by Crippen LogP contribution is -2.31. The standard InChI is InChI=1S/C26H22N2O2S/c1-17-12-18(2)25-23(13-17)31-26(27-25)28(16-22-8-5-11-30-22)24(29)15-19-9-10-20-6-3-4-7-21(20)14-19/h3-14H,15-16H2,1-2H3. The second-order valence-electron chi connectivity index (χ2n) is 7.84. The van der Waals surface area contributed by atoms with Gasteiger partial charge in [-0.05, 0) is 59.5 Å². The van der Waals surface area contributed by atoms with Gasteiger partial charge in [0.1, 0.15) is 5.76 Å². The summed E-state index contributed by atoms with van der Waals surface area (Å²) in [5.41, 5.74) is 4.26. The molecule has 0 aliphatic rings. The highest BCUT2D eigenvalue weighted by atomic mass is 32.1. The van der Waals surface area contributed by atoms with E-state index < -0.39 is 0 Å². The first-order chi connectivity index (χ1) is 15.1. The van der Waals surface area contributed by atoms with Gasteiger partial charge in [-0.25, -0.2) is 4.98 Å². The molecule has 5 heteroatoms. The van der Waals surface area contributed by atoms with Crippen molar-refractivity contribution in [1.29, 1.82) is 0 Å². The van der Waals surface area contributed by atoms with Crippen molar-refractivity contribution in [2.75, 3.05) is 4.90 Å². The molecule has 2 heterocycles. The van der Waals surface area contributed by atoms with Crippen LogP contribution >= 0.6 is 11.3 Å². The fourth-order valence-electron chi connectivity index (χ4n) is 3.91. The predicted octanol–water partition coefficient (Wildman–Crippen LogP) is 6.44. The number of fused-ring (bicyclic) bond motifs is 2. The summed E-state index contributed by atoms with van der Waals surface area (Å²) in [5, 5.41) is 3.01. The van der Waals surface area contributed by atoms with Crippen LogP contribution in [-0.2, 0) is 17.8 Å². The highest BCUT2D eigenvalue weighted by Gasteiger charge is 2.22. The molecule has 31 heavy (non-hydrogen) atoms. The van der Waals surface area contributed by atoms with E-state index in [4.69, 9.17) is 9.40 Å². The summed E-state index contributed by atoms with van der Waals surface area (Å²) in [6, 6.07) is 22.4. The zero-order valence-electron chi connectivity index (χ0n) is 17.5. The SMILES string of the molecule is Cc1cc(C)c2nc(N(Cc3ccco3)C(=O)Cc3ccc4ccccc4c3)sc2c1. The van der Waals surface area contributed by atoms with Crippen LogP contribution in [0.3, 0.4) is 0 Å². The van der Waals surface area contributed by atoms with Gasteiger partial charge in [0.15, 0.2) is 5.13 Å². The average Bonchev–Trinajstić information content (AvgIpc) is 3.41. The molecule has 5 rings (SSSR count). The van der Waals surface area contributed by atoms with Crippen LogP contribution in [0.1, 0.15) is 22.5 Å². The monoisotopic (exact) mass is 426 g/mol. The molecule has 0 bridgehead atoms. The van der Waals surface area contributed by atoms with Crippen LogP contribution in [0.15, 0.2) is 77.4 Å². The Kier molecular flexibility index (Phi) is 5.04. The van der Waals surface area contributed by atoms with Crippen molar-refractivity contribution in [3.63, 3.8) is 0 Å². The molecule has 154 valence electrons. The molecule has 0 unspecified atom stereocenters. The number of carbonyl (C=O) groups is 1. The molecule has 4 nitrogen and oxygen atoms in total. The van der Waals surface area contributed by atoms with Crippen molar-refractivity contribution in [3.8, 4) is 0 Å². The molecule has 0 spiro atoms. The minimum absolute atomic E-state index is 0.000104. The molecule has 0 aliphatic carbocycles. The van der Waals surface area contributed by atoms with Crippen molar-refractivity contribution < 1.29 is 9.21 Å². The summed E-state index contributed by atoms with van der Waals surface area (Å²) in [6.07, 6.45) is 1.94.